The Labute approximate surface area is 106 Å². The van der Waals surface area contributed by atoms with Crippen LogP contribution in [0.5, 0.6) is 0 Å². The number of urea groups is 1. The minimum Gasteiger partial charge on any atom is -0.378 e. The van der Waals surface area contributed by atoms with Crippen molar-refractivity contribution in [2.24, 2.45) is 0 Å². The lowest BCUT2D eigenvalue weighted by Gasteiger charge is -2.26. The van der Waals surface area contributed by atoms with Gasteiger partial charge in [-0.25, -0.2) is 4.79 Å². The van der Waals surface area contributed by atoms with Crippen molar-refractivity contribution in [2.75, 3.05) is 31.6 Å². The fourth-order valence-electron chi connectivity index (χ4n) is 1.76. The number of nitrogens with zero attached hydrogens (tertiary/aromatic N) is 1. The lowest BCUT2D eigenvalue weighted by atomic mass is 10.1. The molecule has 1 aromatic rings. The number of carbonyl (C=O) groups excluding carboxylic acids is 2. The first kappa shape index (κ1) is 12.6. The Balaban J connectivity index is 1.96. The Morgan fingerprint density at radius 3 is 2.33 bits per heavy atom. The maximum Gasteiger partial charge on any atom is 0.321 e. The number of carbonyl (C=O) groups is 2. The molecule has 1 aromatic carbocycles. The fraction of sp³-hybridized carbons (Fsp3) is 0.385. The van der Waals surface area contributed by atoms with E-state index in [4.69, 9.17) is 4.74 Å². The van der Waals surface area contributed by atoms with Gasteiger partial charge in [0.1, 0.15) is 0 Å². The van der Waals surface area contributed by atoms with E-state index in [1.807, 2.05) is 0 Å². The van der Waals surface area contributed by atoms with Crippen LogP contribution in [0.3, 0.4) is 0 Å². The van der Waals surface area contributed by atoms with Gasteiger partial charge in [-0.15, -0.1) is 0 Å². The van der Waals surface area contributed by atoms with Gasteiger partial charge in [0.15, 0.2) is 5.78 Å². The van der Waals surface area contributed by atoms with Crippen molar-refractivity contribution in [1.82, 2.24) is 4.90 Å². The van der Waals surface area contributed by atoms with E-state index in [1.54, 1.807) is 29.2 Å². The first-order valence-electron chi connectivity index (χ1n) is 5.91. The Bertz CT molecular complexity index is 436. The molecule has 1 heterocycles. The number of hydrogen-bond donors (Lipinski definition) is 1. The van der Waals surface area contributed by atoms with Crippen molar-refractivity contribution in [3.63, 3.8) is 0 Å². The molecular formula is C13H16N2O3. The van der Waals surface area contributed by atoms with Crippen LogP contribution in [-0.2, 0) is 4.74 Å². The Morgan fingerprint density at radius 2 is 1.78 bits per heavy atom. The molecule has 0 unspecified atom stereocenters. The highest BCUT2D eigenvalue weighted by atomic mass is 16.5. The first-order chi connectivity index (χ1) is 8.66. The summed E-state index contributed by atoms with van der Waals surface area (Å²) in [6, 6.07) is 6.74. The number of benzene rings is 1. The molecule has 1 aliphatic heterocycles. The van der Waals surface area contributed by atoms with Crippen molar-refractivity contribution in [3.05, 3.63) is 29.8 Å². The highest BCUT2D eigenvalue weighted by Crippen LogP contribution is 2.11. The van der Waals surface area contributed by atoms with Crippen LogP contribution in [0.2, 0.25) is 0 Å². The number of ether oxygens (including phenoxy) is 1. The van der Waals surface area contributed by atoms with Crippen LogP contribution in [0.4, 0.5) is 10.5 Å². The van der Waals surface area contributed by atoms with E-state index in [-0.39, 0.29) is 11.8 Å². The van der Waals surface area contributed by atoms with Gasteiger partial charge in [-0.1, -0.05) is 0 Å². The highest BCUT2D eigenvalue weighted by Gasteiger charge is 2.16. The van der Waals surface area contributed by atoms with E-state index in [0.717, 1.165) is 0 Å². The molecule has 5 heteroatoms. The van der Waals surface area contributed by atoms with Crippen molar-refractivity contribution < 1.29 is 14.3 Å². The second-order valence-electron chi connectivity index (χ2n) is 4.16. The summed E-state index contributed by atoms with van der Waals surface area (Å²) >= 11 is 0. The predicted octanol–water partition coefficient (Wildman–Crippen LogP) is 1.75. The van der Waals surface area contributed by atoms with Gasteiger partial charge in [0.05, 0.1) is 13.2 Å². The van der Waals surface area contributed by atoms with Gasteiger partial charge in [-0.2, -0.15) is 0 Å². The number of anilines is 1. The zero-order valence-electron chi connectivity index (χ0n) is 10.3. The third kappa shape index (κ3) is 3.07. The van der Waals surface area contributed by atoms with Crippen LogP contribution in [-0.4, -0.2) is 43.0 Å². The smallest absolute Gasteiger partial charge is 0.321 e. The Morgan fingerprint density at radius 1 is 1.17 bits per heavy atom. The number of amides is 2. The van der Waals surface area contributed by atoms with Gasteiger partial charge in [-0.3, -0.25) is 4.79 Å². The van der Waals surface area contributed by atoms with Crippen LogP contribution < -0.4 is 5.32 Å². The second-order valence-corrected chi connectivity index (χ2v) is 4.16. The molecule has 2 rings (SSSR count). The molecular weight excluding hydrogens is 232 g/mol. The van der Waals surface area contributed by atoms with Crippen molar-refractivity contribution >= 4 is 17.5 Å². The van der Waals surface area contributed by atoms with Gasteiger partial charge < -0.3 is 15.0 Å². The second kappa shape index (κ2) is 5.64. The van der Waals surface area contributed by atoms with E-state index in [0.29, 0.717) is 37.6 Å². The number of rotatable bonds is 2. The maximum atomic E-state index is 11.9. The highest BCUT2D eigenvalue weighted by molar-refractivity contribution is 5.95. The molecule has 96 valence electrons. The molecule has 0 aliphatic carbocycles. The predicted molar refractivity (Wildman–Crippen MR) is 67.9 cm³/mol. The SMILES string of the molecule is CC(=O)c1ccc(NC(=O)N2CCOCC2)cc1. The number of hydrogen-bond acceptors (Lipinski definition) is 3. The molecule has 1 saturated heterocycles. The summed E-state index contributed by atoms with van der Waals surface area (Å²) in [7, 11) is 0. The van der Waals surface area contributed by atoms with E-state index in [2.05, 4.69) is 5.32 Å². The standard InChI is InChI=1S/C13H16N2O3/c1-10(16)11-2-4-12(5-3-11)14-13(17)15-6-8-18-9-7-15/h2-5H,6-9H2,1H3,(H,14,17). The fourth-order valence-corrected chi connectivity index (χ4v) is 1.76. The molecule has 0 saturated carbocycles. The van der Waals surface area contributed by atoms with Crippen molar-refractivity contribution in [2.45, 2.75) is 6.92 Å². The van der Waals surface area contributed by atoms with E-state index in [9.17, 15) is 9.59 Å². The third-order valence-electron chi connectivity index (χ3n) is 2.84. The monoisotopic (exact) mass is 248 g/mol. The molecule has 0 bridgehead atoms. The van der Waals surface area contributed by atoms with Crippen LogP contribution in [0.25, 0.3) is 0 Å². The van der Waals surface area contributed by atoms with Gasteiger partial charge in [0, 0.05) is 24.3 Å². The first-order valence-corrected chi connectivity index (χ1v) is 5.91. The van der Waals surface area contributed by atoms with Crippen LogP contribution in [0.1, 0.15) is 17.3 Å². The number of morpholine rings is 1. The van der Waals surface area contributed by atoms with Crippen molar-refractivity contribution in [1.29, 1.82) is 0 Å². The molecule has 0 aromatic heterocycles. The molecule has 1 N–H and O–H groups in total. The average Bonchev–Trinajstić information content (AvgIpc) is 2.40. The molecule has 0 spiro atoms. The molecule has 0 radical (unpaired) electrons. The van der Waals surface area contributed by atoms with E-state index in [1.165, 1.54) is 6.92 Å². The van der Waals surface area contributed by atoms with Crippen LogP contribution in [0.15, 0.2) is 24.3 Å². The quantitative estimate of drug-likeness (QED) is 0.811. The van der Waals surface area contributed by atoms with Gasteiger partial charge in [-0.05, 0) is 31.2 Å². The van der Waals surface area contributed by atoms with Crippen LogP contribution >= 0.6 is 0 Å². The summed E-state index contributed by atoms with van der Waals surface area (Å²) in [4.78, 5) is 24.7. The minimum atomic E-state index is -0.131. The third-order valence-corrected chi connectivity index (χ3v) is 2.84. The normalized spacial score (nSPS) is 15.3. The minimum absolute atomic E-state index is 0.0149. The Hall–Kier alpha value is -1.88. The zero-order valence-corrected chi connectivity index (χ0v) is 10.3. The molecule has 2 amide bonds. The zero-order chi connectivity index (χ0) is 13.0. The van der Waals surface area contributed by atoms with Gasteiger partial charge in [0.25, 0.3) is 0 Å². The summed E-state index contributed by atoms with van der Waals surface area (Å²) in [5, 5.41) is 2.80. The summed E-state index contributed by atoms with van der Waals surface area (Å²) in [6.45, 7) is 3.89. The molecule has 1 aliphatic rings. The molecule has 1 fully saturated rings. The maximum absolute atomic E-state index is 11.9. The van der Waals surface area contributed by atoms with Gasteiger partial charge in [0.2, 0.25) is 0 Å². The molecule has 18 heavy (non-hydrogen) atoms. The summed E-state index contributed by atoms with van der Waals surface area (Å²) in [6.07, 6.45) is 0. The largest absolute Gasteiger partial charge is 0.378 e. The van der Waals surface area contributed by atoms with Crippen LogP contribution in [0, 0.1) is 0 Å². The average molecular weight is 248 g/mol. The lowest BCUT2D eigenvalue weighted by molar-refractivity contribution is 0.0564. The molecule has 0 atom stereocenters. The number of ketones is 1. The Kier molecular flexibility index (Phi) is 3.94. The van der Waals surface area contributed by atoms with E-state index < -0.39 is 0 Å². The topological polar surface area (TPSA) is 58.6 Å². The summed E-state index contributed by atoms with van der Waals surface area (Å²) in [5.41, 5.74) is 1.33. The van der Waals surface area contributed by atoms with Crippen molar-refractivity contribution in [3.8, 4) is 0 Å². The number of nitrogens with one attached hydrogen (secondary N) is 1. The van der Waals surface area contributed by atoms with E-state index >= 15 is 0 Å². The summed E-state index contributed by atoms with van der Waals surface area (Å²) in [5.74, 6) is 0.0149. The lowest BCUT2D eigenvalue weighted by Crippen LogP contribution is -2.43. The summed E-state index contributed by atoms with van der Waals surface area (Å²) < 4.78 is 5.18. The number of Topliss-reactive ketones (excluding diaryl/α,β-unsaturated/α-hetero) is 1. The van der Waals surface area contributed by atoms with Gasteiger partial charge >= 0.3 is 6.03 Å². The molecule has 5 nitrogen and oxygen atoms in total.